The molecule has 0 unspecified atom stereocenters. The molecule has 0 atom stereocenters. The number of carbonyl (C=O) groups excluding carboxylic acids is 2. The van der Waals surface area contributed by atoms with Gasteiger partial charge in [0.05, 0.1) is 31.5 Å². The fourth-order valence-electron chi connectivity index (χ4n) is 3.92. The molecule has 1 aromatic heterocycles. The minimum atomic E-state index is -4.08. The second kappa shape index (κ2) is 15.9. The van der Waals surface area contributed by atoms with E-state index < -0.39 is 54.0 Å². The van der Waals surface area contributed by atoms with E-state index in [1.165, 1.54) is 14.2 Å². The topological polar surface area (TPSA) is 189 Å². The molecule has 2 rings (SSSR count). The molecule has 0 fully saturated rings. The van der Waals surface area contributed by atoms with Crippen molar-refractivity contribution in [2.75, 3.05) is 27.6 Å². The number of amides is 1. The molecule has 0 spiro atoms. The minimum Gasteiger partial charge on any atom is -0.493 e. The van der Waals surface area contributed by atoms with Crippen LogP contribution in [0.5, 0.6) is 17.2 Å². The van der Waals surface area contributed by atoms with E-state index in [0.717, 1.165) is 10.7 Å². The molecule has 1 amide bonds. The average Bonchev–Trinajstić information content (AvgIpc) is 3.32. The molecule has 17 heteroatoms. The number of nitrogens with one attached hydrogen (secondary N) is 1. The smallest absolute Gasteiger partial charge is 0.478 e. The number of hydrogen-bond acceptors (Lipinski definition) is 13. The molecular weight excluding hydrogens is 639 g/mol. The normalized spacial score (nSPS) is 12.4. The predicted octanol–water partition coefficient (Wildman–Crippen LogP) is 6.44. The van der Waals surface area contributed by atoms with E-state index in [1.54, 1.807) is 74.4 Å². The summed E-state index contributed by atoms with van der Waals surface area (Å²) in [4.78, 5) is 35.8. The van der Waals surface area contributed by atoms with Gasteiger partial charge in [0.15, 0.2) is 23.0 Å². The minimum absolute atomic E-state index is 0.00572. The van der Waals surface area contributed by atoms with Crippen LogP contribution in [0.3, 0.4) is 0 Å². The van der Waals surface area contributed by atoms with Gasteiger partial charge >= 0.3 is 19.7 Å². The maximum absolute atomic E-state index is 13.4. The highest BCUT2D eigenvalue weighted by atomic mass is 31.2. The Labute approximate surface area is 275 Å². The SMILES string of the molecule is COc1cc(Cn2nc(C(=O)CCCNC(=O)OC(C)(C)C)cc2[N+](=O)[O-])cc(OC)c1OCOP(=O)(OC(C)(C)C)OC(C)(C)C. The molecule has 0 bridgehead atoms. The Morgan fingerprint density at radius 3 is 1.96 bits per heavy atom. The zero-order valence-corrected chi connectivity index (χ0v) is 29.8. The lowest BCUT2D eigenvalue weighted by Gasteiger charge is -2.30. The van der Waals surface area contributed by atoms with E-state index in [0.29, 0.717) is 5.56 Å². The molecule has 47 heavy (non-hydrogen) atoms. The van der Waals surface area contributed by atoms with E-state index >= 15 is 0 Å². The standard InChI is InChI=1S/C30H47N4O12P/c1-28(2,3)44-27(36)31-14-12-13-22(35)21-17-25(34(37)38)33(32-21)18-20-15-23(40-10)26(24(16-20)41-11)42-19-43-47(39,45-29(4,5)6)46-30(7,8)9/h15-17H,12-14,18-19H2,1-11H3,(H,31,36). The summed E-state index contributed by atoms with van der Waals surface area (Å²) in [6.45, 7) is 14.9. The van der Waals surface area contributed by atoms with Crippen LogP contribution in [-0.4, -0.2) is 70.9 Å². The van der Waals surface area contributed by atoms with Gasteiger partial charge in [0.2, 0.25) is 12.5 Å². The van der Waals surface area contributed by atoms with Crippen molar-refractivity contribution in [3.8, 4) is 17.2 Å². The summed E-state index contributed by atoms with van der Waals surface area (Å²) in [6, 6.07) is 4.19. The van der Waals surface area contributed by atoms with E-state index in [9.17, 15) is 24.3 Å². The fraction of sp³-hybridized carbons (Fsp3) is 0.633. The number of aromatic nitrogens is 2. The van der Waals surface area contributed by atoms with Crippen LogP contribution in [-0.2, 0) is 29.4 Å². The number of phosphoric ester groups is 1. The second-order valence-corrected chi connectivity index (χ2v) is 14.9. The van der Waals surface area contributed by atoms with Crippen molar-refractivity contribution in [2.24, 2.45) is 0 Å². The first-order valence-corrected chi connectivity index (χ1v) is 16.3. The zero-order valence-electron chi connectivity index (χ0n) is 29.0. The average molecular weight is 687 g/mol. The second-order valence-electron chi connectivity index (χ2n) is 13.3. The molecular formula is C30H47N4O12P. The van der Waals surface area contributed by atoms with Crippen molar-refractivity contribution in [2.45, 2.75) is 98.5 Å². The first kappa shape index (κ1) is 39.5. The van der Waals surface area contributed by atoms with Crippen LogP contribution in [0.2, 0.25) is 0 Å². The van der Waals surface area contributed by atoms with Crippen LogP contribution in [0, 0.1) is 10.1 Å². The summed E-state index contributed by atoms with van der Waals surface area (Å²) in [5, 5.41) is 18.6. The molecule has 0 aliphatic heterocycles. The van der Waals surface area contributed by atoms with E-state index in [1.807, 2.05) is 0 Å². The lowest BCUT2D eigenvalue weighted by atomic mass is 10.1. The van der Waals surface area contributed by atoms with Gasteiger partial charge in [-0.05, 0) is 85.8 Å². The molecule has 0 saturated carbocycles. The van der Waals surface area contributed by atoms with Crippen molar-refractivity contribution in [3.05, 3.63) is 39.6 Å². The van der Waals surface area contributed by atoms with Gasteiger partial charge in [0.25, 0.3) is 0 Å². The highest BCUT2D eigenvalue weighted by molar-refractivity contribution is 7.48. The number of ether oxygens (including phenoxy) is 4. The Morgan fingerprint density at radius 1 is 0.936 bits per heavy atom. The maximum atomic E-state index is 13.4. The highest BCUT2D eigenvalue weighted by Crippen LogP contribution is 2.55. The van der Waals surface area contributed by atoms with Gasteiger partial charge in [-0.1, -0.05) is 5.10 Å². The molecule has 1 N–H and O–H groups in total. The van der Waals surface area contributed by atoms with Crippen molar-refractivity contribution in [3.63, 3.8) is 0 Å². The molecule has 16 nitrogen and oxygen atoms in total. The molecule has 0 saturated heterocycles. The van der Waals surface area contributed by atoms with Gasteiger partial charge in [-0.25, -0.2) is 13.9 Å². The Morgan fingerprint density at radius 2 is 1.49 bits per heavy atom. The van der Waals surface area contributed by atoms with Crippen LogP contribution in [0.25, 0.3) is 0 Å². The number of carbonyl (C=O) groups is 2. The van der Waals surface area contributed by atoms with Crippen molar-refractivity contribution < 1.29 is 51.6 Å². The number of Topliss-reactive ketones (excluding diaryl/α,β-unsaturated/α-hetero) is 1. The number of methoxy groups -OCH3 is 2. The van der Waals surface area contributed by atoms with Crippen LogP contribution >= 0.6 is 7.82 Å². The number of rotatable bonds is 16. The lowest BCUT2D eigenvalue weighted by Crippen LogP contribution is -2.33. The first-order valence-electron chi connectivity index (χ1n) is 14.8. The maximum Gasteiger partial charge on any atom is 0.478 e. The van der Waals surface area contributed by atoms with Crippen molar-refractivity contribution in [1.82, 2.24) is 15.1 Å². The summed E-state index contributed by atoms with van der Waals surface area (Å²) < 4.78 is 53.0. The monoisotopic (exact) mass is 686 g/mol. The highest BCUT2D eigenvalue weighted by Gasteiger charge is 2.37. The summed E-state index contributed by atoms with van der Waals surface area (Å²) in [7, 11) is -1.31. The van der Waals surface area contributed by atoms with Crippen molar-refractivity contribution in [1.29, 1.82) is 0 Å². The number of phosphoric acid groups is 1. The third-order valence-corrected chi connectivity index (χ3v) is 7.48. The van der Waals surface area contributed by atoms with Crippen molar-refractivity contribution >= 4 is 25.5 Å². The van der Waals surface area contributed by atoms with Crippen LogP contribution < -0.4 is 19.5 Å². The number of alkyl carbamates (subject to hydrolysis) is 1. The molecule has 0 radical (unpaired) electrons. The number of nitrogens with zero attached hydrogens (tertiary/aromatic N) is 3. The van der Waals surface area contributed by atoms with E-state index in [-0.39, 0.29) is 48.9 Å². The van der Waals surface area contributed by atoms with Crippen LogP contribution in [0.1, 0.15) is 91.2 Å². The number of hydrogen-bond donors (Lipinski definition) is 1. The molecule has 1 heterocycles. The van der Waals surface area contributed by atoms with Crippen LogP contribution in [0.15, 0.2) is 18.2 Å². The van der Waals surface area contributed by atoms with E-state index in [2.05, 4.69) is 10.4 Å². The molecule has 0 aliphatic carbocycles. The molecule has 2 aromatic rings. The third kappa shape index (κ3) is 13.5. The van der Waals surface area contributed by atoms with Crippen LogP contribution in [0.4, 0.5) is 10.6 Å². The molecule has 1 aromatic carbocycles. The van der Waals surface area contributed by atoms with Gasteiger partial charge < -0.3 is 34.4 Å². The largest absolute Gasteiger partial charge is 0.493 e. The zero-order chi connectivity index (χ0) is 35.8. The molecule has 264 valence electrons. The number of benzene rings is 1. The summed E-state index contributed by atoms with van der Waals surface area (Å²) in [5.41, 5.74) is -1.98. The van der Waals surface area contributed by atoms with Gasteiger partial charge in [-0.15, -0.1) is 4.68 Å². The van der Waals surface area contributed by atoms with Gasteiger partial charge in [-0.2, -0.15) is 0 Å². The Bertz CT molecular complexity index is 1410. The number of ketones is 1. The summed E-state index contributed by atoms with van der Waals surface area (Å²) in [5.74, 6) is -0.382. The summed E-state index contributed by atoms with van der Waals surface area (Å²) in [6.07, 6.45) is -0.337. The third-order valence-electron chi connectivity index (χ3n) is 5.52. The predicted molar refractivity (Wildman–Crippen MR) is 171 cm³/mol. The fourth-order valence-corrected chi connectivity index (χ4v) is 5.59. The number of nitro groups is 1. The quantitative estimate of drug-likeness (QED) is 0.0508. The van der Waals surface area contributed by atoms with Gasteiger partial charge in [0.1, 0.15) is 12.1 Å². The Hall–Kier alpha value is -3.72. The first-order chi connectivity index (χ1) is 21.5. The Kier molecular flexibility index (Phi) is 13.4. The lowest BCUT2D eigenvalue weighted by molar-refractivity contribution is -0.392. The van der Waals surface area contributed by atoms with Gasteiger partial charge in [-0.3, -0.25) is 13.8 Å². The van der Waals surface area contributed by atoms with Gasteiger partial charge in [0, 0.05) is 18.5 Å². The Balaban J connectivity index is 2.21. The van der Waals surface area contributed by atoms with E-state index in [4.69, 9.17) is 32.5 Å². The summed E-state index contributed by atoms with van der Waals surface area (Å²) >= 11 is 0. The molecule has 0 aliphatic rings.